The fourth-order valence-corrected chi connectivity index (χ4v) is 3.42. The molecule has 2 heterocycles. The molecule has 12 heteroatoms. The summed E-state index contributed by atoms with van der Waals surface area (Å²) in [7, 11) is 0. The number of halogens is 7. The normalized spacial score (nSPS) is 12.3. The predicted molar refractivity (Wildman–Crippen MR) is 114 cm³/mol. The molecule has 0 fully saturated rings. The number of anilines is 1. The fourth-order valence-electron chi connectivity index (χ4n) is 3.42. The minimum Gasteiger partial charge on any atom is -0.428 e. The molecule has 0 amide bonds. The largest absolute Gasteiger partial charge is 0.461 e. The highest BCUT2D eigenvalue weighted by atomic mass is 19.4. The van der Waals surface area contributed by atoms with E-state index < -0.39 is 31.0 Å². The Bertz CT molecular complexity index is 1300. The van der Waals surface area contributed by atoms with Crippen molar-refractivity contribution in [3.63, 3.8) is 0 Å². The van der Waals surface area contributed by atoms with Crippen molar-refractivity contribution >= 4 is 16.6 Å². The van der Waals surface area contributed by atoms with Crippen LogP contribution in [-0.4, -0.2) is 33.5 Å². The van der Waals surface area contributed by atoms with Crippen LogP contribution in [0.25, 0.3) is 22.0 Å². The first-order valence-electron chi connectivity index (χ1n) is 10.2. The molecule has 0 radical (unpaired) electrons. The van der Waals surface area contributed by atoms with Crippen molar-refractivity contribution in [2.45, 2.75) is 31.8 Å². The minimum absolute atomic E-state index is 0.250. The Labute approximate surface area is 194 Å². The Hall–Kier alpha value is -3.83. The molecule has 2 aromatic heterocycles. The highest BCUT2D eigenvalue weighted by molar-refractivity contribution is 6.00. The smallest absolute Gasteiger partial charge is 0.428 e. The van der Waals surface area contributed by atoms with Crippen LogP contribution < -0.4 is 10.1 Å². The first-order chi connectivity index (χ1) is 16.5. The first kappa shape index (κ1) is 24.3. The van der Waals surface area contributed by atoms with Gasteiger partial charge in [0.2, 0.25) is 0 Å². The average molecular weight is 498 g/mol. The zero-order valence-corrected chi connectivity index (χ0v) is 17.7. The lowest BCUT2D eigenvalue weighted by atomic mass is 10.0. The average Bonchev–Trinajstić information content (AvgIpc) is 3.24. The number of benzene rings is 2. The highest BCUT2D eigenvalue weighted by Crippen LogP contribution is 2.32. The number of nitrogens with zero attached hydrogens (tertiary/aromatic N) is 3. The molecule has 35 heavy (non-hydrogen) atoms. The molecule has 0 unspecified atom stereocenters. The van der Waals surface area contributed by atoms with Crippen molar-refractivity contribution < 1.29 is 35.5 Å². The summed E-state index contributed by atoms with van der Waals surface area (Å²) in [4.78, 5) is 4.37. The van der Waals surface area contributed by atoms with Crippen molar-refractivity contribution in [1.29, 1.82) is 0 Å². The molecular formula is C23H17F7N4O. The summed E-state index contributed by atoms with van der Waals surface area (Å²) in [6.45, 7) is -0.952. The zero-order chi connectivity index (χ0) is 25.2. The number of aromatic nitrogens is 3. The molecule has 0 aliphatic heterocycles. The van der Waals surface area contributed by atoms with Gasteiger partial charge in [0.05, 0.1) is 17.4 Å². The van der Waals surface area contributed by atoms with Gasteiger partial charge in [0.25, 0.3) is 0 Å². The van der Waals surface area contributed by atoms with Gasteiger partial charge in [0.15, 0.2) is 0 Å². The van der Waals surface area contributed by atoms with E-state index in [9.17, 15) is 30.7 Å². The molecule has 0 aliphatic rings. The number of hydrogen-bond donors (Lipinski definition) is 1. The van der Waals surface area contributed by atoms with Crippen LogP contribution in [0.5, 0.6) is 5.75 Å². The van der Waals surface area contributed by atoms with Crippen molar-refractivity contribution in [1.82, 2.24) is 14.8 Å². The van der Waals surface area contributed by atoms with Gasteiger partial charge in [-0.05, 0) is 35.4 Å². The van der Waals surface area contributed by atoms with Crippen molar-refractivity contribution in [2.75, 3.05) is 5.32 Å². The molecule has 5 nitrogen and oxygen atoms in total. The zero-order valence-electron chi connectivity index (χ0n) is 17.7. The second kappa shape index (κ2) is 9.43. The lowest BCUT2D eigenvalue weighted by Gasteiger charge is -2.17. The molecule has 0 saturated carbocycles. The van der Waals surface area contributed by atoms with E-state index in [1.54, 1.807) is 24.3 Å². The van der Waals surface area contributed by atoms with E-state index in [2.05, 4.69) is 20.1 Å². The number of ether oxygens (including phenoxy) is 1. The van der Waals surface area contributed by atoms with Crippen LogP contribution in [0.4, 0.5) is 36.4 Å². The molecule has 0 saturated heterocycles. The van der Waals surface area contributed by atoms with E-state index in [0.717, 1.165) is 16.8 Å². The number of pyridine rings is 1. The van der Waals surface area contributed by atoms with E-state index in [1.165, 1.54) is 30.7 Å². The van der Waals surface area contributed by atoms with Crippen molar-refractivity contribution in [3.8, 4) is 16.9 Å². The van der Waals surface area contributed by atoms with E-state index in [0.29, 0.717) is 33.3 Å². The van der Waals surface area contributed by atoms with Crippen LogP contribution in [-0.2, 0) is 13.1 Å². The molecule has 0 atom stereocenters. The Morgan fingerprint density at radius 2 is 1.71 bits per heavy atom. The van der Waals surface area contributed by atoms with Crippen LogP contribution in [0, 0.1) is 0 Å². The second-order valence-corrected chi connectivity index (χ2v) is 7.56. The molecule has 4 rings (SSSR count). The molecule has 0 aliphatic carbocycles. The molecule has 4 aromatic rings. The summed E-state index contributed by atoms with van der Waals surface area (Å²) in [5, 5.41) is 7.63. The Morgan fingerprint density at radius 3 is 2.40 bits per heavy atom. The highest BCUT2D eigenvalue weighted by Gasteiger charge is 2.43. The second-order valence-electron chi connectivity index (χ2n) is 7.56. The Morgan fingerprint density at radius 1 is 0.971 bits per heavy atom. The maximum Gasteiger partial charge on any atom is 0.461 e. The molecule has 184 valence electrons. The Kier molecular flexibility index (Phi) is 6.55. The SMILES string of the molecule is FC(F)C(F)(F)Oc1ccc(CNc2cccc3c(-c4cnn(CC(F)(F)F)c4)ccnc23)cc1. The quantitative estimate of drug-likeness (QED) is 0.282. The number of rotatable bonds is 8. The lowest BCUT2D eigenvalue weighted by molar-refractivity contribution is -0.253. The van der Waals surface area contributed by atoms with Crippen LogP contribution in [0.3, 0.4) is 0 Å². The summed E-state index contributed by atoms with van der Waals surface area (Å²) in [6, 6.07) is 12.2. The fraction of sp³-hybridized carbons (Fsp3) is 0.217. The summed E-state index contributed by atoms with van der Waals surface area (Å²) in [5.74, 6) is -0.401. The predicted octanol–water partition coefficient (Wildman–Crippen LogP) is 6.51. The number of nitrogens with one attached hydrogen (secondary N) is 1. The van der Waals surface area contributed by atoms with Crippen LogP contribution in [0.2, 0.25) is 0 Å². The minimum atomic E-state index is -4.59. The molecule has 1 N–H and O–H groups in total. The van der Waals surface area contributed by atoms with Gasteiger partial charge >= 0.3 is 18.7 Å². The van der Waals surface area contributed by atoms with E-state index in [4.69, 9.17) is 0 Å². The van der Waals surface area contributed by atoms with Crippen molar-refractivity contribution in [2.24, 2.45) is 0 Å². The van der Waals surface area contributed by atoms with Crippen molar-refractivity contribution in [3.05, 3.63) is 72.7 Å². The van der Waals surface area contributed by atoms with Gasteiger partial charge in [-0.2, -0.15) is 35.8 Å². The van der Waals surface area contributed by atoms with E-state index >= 15 is 0 Å². The number of fused-ring (bicyclic) bond motifs is 1. The van der Waals surface area contributed by atoms with Gasteiger partial charge in [-0.3, -0.25) is 9.67 Å². The van der Waals surface area contributed by atoms with Crippen LogP contribution in [0.1, 0.15) is 5.56 Å². The summed E-state index contributed by atoms with van der Waals surface area (Å²) < 4.78 is 93.5. The molecule has 2 aromatic carbocycles. The van der Waals surface area contributed by atoms with Crippen LogP contribution in [0.15, 0.2) is 67.1 Å². The van der Waals surface area contributed by atoms with Crippen LogP contribution >= 0.6 is 0 Å². The summed E-state index contributed by atoms with van der Waals surface area (Å²) in [5.41, 5.74) is 2.98. The third-order valence-electron chi connectivity index (χ3n) is 4.97. The third-order valence-corrected chi connectivity index (χ3v) is 4.97. The van der Waals surface area contributed by atoms with Gasteiger partial charge in [-0.15, -0.1) is 0 Å². The Balaban J connectivity index is 1.51. The summed E-state index contributed by atoms with van der Waals surface area (Å²) >= 11 is 0. The monoisotopic (exact) mass is 498 g/mol. The maximum atomic E-state index is 13.0. The lowest BCUT2D eigenvalue weighted by Crippen LogP contribution is -2.33. The number of hydrogen-bond acceptors (Lipinski definition) is 4. The summed E-state index contributed by atoms with van der Waals surface area (Å²) in [6.07, 6.45) is -8.75. The topological polar surface area (TPSA) is 52.0 Å². The van der Waals surface area contributed by atoms with Gasteiger partial charge in [-0.1, -0.05) is 24.3 Å². The molecule has 0 spiro atoms. The number of para-hydroxylation sites is 1. The van der Waals surface area contributed by atoms with E-state index in [1.807, 2.05) is 0 Å². The van der Waals surface area contributed by atoms with Gasteiger partial charge in [0, 0.05) is 29.9 Å². The number of alkyl halides is 7. The van der Waals surface area contributed by atoms with Gasteiger partial charge < -0.3 is 10.1 Å². The standard InChI is InChI=1S/C23H17F7N4O/c24-21(25)23(29,30)35-16-6-4-14(5-7-16)10-32-19-3-1-2-18-17(8-9-31-20(18)19)15-11-33-34(12-15)13-22(26,27)28/h1-9,11-12,21,32H,10,13H2. The maximum absolute atomic E-state index is 13.0. The molecular weight excluding hydrogens is 481 g/mol. The molecule has 0 bridgehead atoms. The van der Waals surface area contributed by atoms with Gasteiger partial charge in [0.1, 0.15) is 12.3 Å². The van der Waals surface area contributed by atoms with Gasteiger partial charge in [-0.25, -0.2) is 0 Å². The first-order valence-corrected chi connectivity index (χ1v) is 10.2. The third kappa shape index (κ3) is 5.81. The van der Waals surface area contributed by atoms with E-state index in [-0.39, 0.29) is 6.54 Å².